The van der Waals surface area contributed by atoms with Crippen LogP contribution in [0.5, 0.6) is 11.6 Å². The van der Waals surface area contributed by atoms with Gasteiger partial charge in [0.05, 0.1) is 6.61 Å². The Morgan fingerprint density at radius 3 is 2.72 bits per heavy atom. The second kappa shape index (κ2) is 9.47. The summed E-state index contributed by atoms with van der Waals surface area (Å²) in [6.45, 7) is 6.67. The fourth-order valence-electron chi connectivity index (χ4n) is 3.28. The highest BCUT2D eigenvalue weighted by Crippen LogP contribution is 2.33. The van der Waals surface area contributed by atoms with E-state index in [-0.39, 0.29) is 18.4 Å². The first kappa shape index (κ1) is 21.3. The number of aryl methyl sites for hydroxylation is 2. The van der Waals surface area contributed by atoms with E-state index in [1.54, 1.807) is 0 Å². The Bertz CT molecular complexity index is 1250. The largest absolute Gasteiger partial charge is 0.494 e. The van der Waals surface area contributed by atoms with Crippen LogP contribution < -0.4 is 14.8 Å². The molecule has 8 nitrogen and oxygen atoms in total. The van der Waals surface area contributed by atoms with Crippen molar-refractivity contribution < 1.29 is 18.8 Å². The van der Waals surface area contributed by atoms with E-state index in [0.717, 1.165) is 22.4 Å². The summed E-state index contributed by atoms with van der Waals surface area (Å²) < 4.78 is 16.7. The van der Waals surface area contributed by atoms with Crippen molar-refractivity contribution >= 4 is 17.0 Å². The highest BCUT2D eigenvalue weighted by atomic mass is 16.5. The summed E-state index contributed by atoms with van der Waals surface area (Å²) in [6.07, 6.45) is 1.32. The van der Waals surface area contributed by atoms with E-state index < -0.39 is 0 Å². The van der Waals surface area contributed by atoms with Crippen molar-refractivity contribution in [3.8, 4) is 22.9 Å². The summed E-state index contributed by atoms with van der Waals surface area (Å²) >= 11 is 0. The number of rotatable bonds is 8. The SMILES string of the molecule is CCOc1ccccc1CNC(=O)COc1ncnc2onc(-c3ccc(C)c(C)c3)c12. The normalized spacial score (nSPS) is 10.8. The number of para-hydroxylation sites is 1. The van der Waals surface area contributed by atoms with Gasteiger partial charge in [0.25, 0.3) is 11.6 Å². The number of carbonyl (C=O) groups excluding carboxylic acids is 1. The Hall–Kier alpha value is -3.94. The van der Waals surface area contributed by atoms with Gasteiger partial charge in [0.15, 0.2) is 6.61 Å². The van der Waals surface area contributed by atoms with Gasteiger partial charge in [-0.1, -0.05) is 35.5 Å². The van der Waals surface area contributed by atoms with Gasteiger partial charge in [0, 0.05) is 17.7 Å². The summed E-state index contributed by atoms with van der Waals surface area (Å²) in [4.78, 5) is 20.7. The molecule has 0 fully saturated rings. The van der Waals surface area contributed by atoms with Crippen LogP contribution in [0.15, 0.2) is 53.3 Å². The molecule has 0 aliphatic rings. The predicted octanol–water partition coefficient (Wildman–Crippen LogP) is 4.00. The van der Waals surface area contributed by atoms with Gasteiger partial charge < -0.3 is 19.3 Å². The monoisotopic (exact) mass is 432 g/mol. The fourth-order valence-corrected chi connectivity index (χ4v) is 3.28. The molecule has 4 aromatic rings. The highest BCUT2D eigenvalue weighted by Gasteiger charge is 2.19. The van der Waals surface area contributed by atoms with Crippen molar-refractivity contribution in [1.82, 2.24) is 20.4 Å². The van der Waals surface area contributed by atoms with Crippen LogP contribution in [0, 0.1) is 13.8 Å². The number of hydrogen-bond acceptors (Lipinski definition) is 7. The van der Waals surface area contributed by atoms with Crippen LogP contribution in [0.4, 0.5) is 0 Å². The van der Waals surface area contributed by atoms with Crippen molar-refractivity contribution in [2.24, 2.45) is 0 Å². The smallest absolute Gasteiger partial charge is 0.265 e. The van der Waals surface area contributed by atoms with E-state index in [1.807, 2.05) is 63.2 Å². The molecule has 0 aliphatic carbocycles. The average Bonchev–Trinajstić information content (AvgIpc) is 3.24. The number of ether oxygens (including phenoxy) is 2. The van der Waals surface area contributed by atoms with E-state index in [4.69, 9.17) is 14.0 Å². The molecule has 1 N–H and O–H groups in total. The van der Waals surface area contributed by atoms with Crippen LogP contribution >= 0.6 is 0 Å². The number of aromatic nitrogens is 3. The molecule has 0 radical (unpaired) electrons. The van der Waals surface area contributed by atoms with E-state index in [0.29, 0.717) is 29.9 Å². The Labute approximate surface area is 185 Å². The zero-order chi connectivity index (χ0) is 22.5. The van der Waals surface area contributed by atoms with Crippen molar-refractivity contribution in [2.75, 3.05) is 13.2 Å². The van der Waals surface area contributed by atoms with Crippen molar-refractivity contribution in [3.05, 3.63) is 65.5 Å². The predicted molar refractivity (Wildman–Crippen MR) is 119 cm³/mol. The molecule has 2 heterocycles. The van der Waals surface area contributed by atoms with Gasteiger partial charge in [-0.15, -0.1) is 0 Å². The maximum absolute atomic E-state index is 12.4. The zero-order valence-corrected chi connectivity index (χ0v) is 18.2. The summed E-state index contributed by atoms with van der Waals surface area (Å²) in [6, 6.07) is 13.6. The lowest BCUT2D eigenvalue weighted by Crippen LogP contribution is -2.28. The van der Waals surface area contributed by atoms with Crippen LogP contribution in [0.25, 0.3) is 22.4 Å². The molecule has 2 aromatic heterocycles. The van der Waals surface area contributed by atoms with Crippen LogP contribution in [-0.2, 0) is 11.3 Å². The Morgan fingerprint density at radius 2 is 1.91 bits per heavy atom. The first-order valence-electron chi connectivity index (χ1n) is 10.3. The van der Waals surface area contributed by atoms with E-state index in [2.05, 4.69) is 20.4 Å². The summed E-state index contributed by atoms with van der Waals surface area (Å²) in [5.41, 5.74) is 4.94. The second-order valence-corrected chi connectivity index (χ2v) is 7.30. The first-order valence-corrected chi connectivity index (χ1v) is 10.3. The summed E-state index contributed by atoms with van der Waals surface area (Å²) in [5.74, 6) is 0.706. The molecule has 164 valence electrons. The minimum absolute atomic E-state index is 0.208. The van der Waals surface area contributed by atoms with Crippen LogP contribution in [0.1, 0.15) is 23.6 Å². The lowest BCUT2D eigenvalue weighted by atomic mass is 10.0. The lowest BCUT2D eigenvalue weighted by molar-refractivity contribution is -0.123. The van der Waals surface area contributed by atoms with Crippen molar-refractivity contribution in [2.45, 2.75) is 27.3 Å². The quantitative estimate of drug-likeness (QED) is 0.449. The van der Waals surface area contributed by atoms with Gasteiger partial charge in [0.1, 0.15) is 23.2 Å². The number of benzene rings is 2. The van der Waals surface area contributed by atoms with E-state index in [1.165, 1.54) is 11.9 Å². The van der Waals surface area contributed by atoms with Crippen molar-refractivity contribution in [1.29, 1.82) is 0 Å². The molecule has 1 amide bonds. The third-order valence-corrected chi connectivity index (χ3v) is 5.11. The van der Waals surface area contributed by atoms with Gasteiger partial charge in [-0.2, -0.15) is 4.98 Å². The molecule has 32 heavy (non-hydrogen) atoms. The maximum Gasteiger partial charge on any atom is 0.265 e. The maximum atomic E-state index is 12.4. The average molecular weight is 432 g/mol. The number of fused-ring (bicyclic) bond motifs is 1. The lowest BCUT2D eigenvalue weighted by Gasteiger charge is -2.11. The molecule has 4 rings (SSSR count). The fraction of sp³-hybridized carbons (Fsp3) is 0.250. The zero-order valence-electron chi connectivity index (χ0n) is 18.2. The topological polar surface area (TPSA) is 99.4 Å². The first-order chi connectivity index (χ1) is 15.6. The second-order valence-electron chi connectivity index (χ2n) is 7.30. The Kier molecular flexibility index (Phi) is 6.30. The van der Waals surface area contributed by atoms with Gasteiger partial charge >= 0.3 is 0 Å². The standard InChI is InChI=1S/C24H24N4O4/c1-4-30-19-8-6-5-7-18(19)12-25-20(29)13-31-23-21-22(28-32-24(21)27-14-26-23)17-10-9-15(2)16(3)11-17/h5-11,14H,4,12-13H2,1-3H3,(H,25,29). The molecule has 0 saturated carbocycles. The highest BCUT2D eigenvalue weighted by molar-refractivity contribution is 5.93. The van der Waals surface area contributed by atoms with E-state index in [9.17, 15) is 4.79 Å². The van der Waals surface area contributed by atoms with Crippen molar-refractivity contribution in [3.63, 3.8) is 0 Å². The summed E-state index contributed by atoms with van der Waals surface area (Å²) in [5, 5.41) is 7.53. The number of nitrogens with zero attached hydrogens (tertiary/aromatic N) is 3. The molecular formula is C24H24N4O4. The number of nitrogens with one attached hydrogen (secondary N) is 1. The summed E-state index contributed by atoms with van der Waals surface area (Å²) in [7, 11) is 0. The minimum Gasteiger partial charge on any atom is -0.494 e. The van der Waals surface area contributed by atoms with Gasteiger partial charge in [-0.3, -0.25) is 4.79 Å². The van der Waals surface area contributed by atoms with Crippen LogP contribution in [-0.4, -0.2) is 34.2 Å². The van der Waals surface area contributed by atoms with Gasteiger partial charge in [0.2, 0.25) is 5.88 Å². The van der Waals surface area contributed by atoms with Crippen LogP contribution in [0.3, 0.4) is 0 Å². The molecule has 0 unspecified atom stereocenters. The molecule has 0 bridgehead atoms. The number of hydrogen-bond donors (Lipinski definition) is 1. The molecule has 0 spiro atoms. The number of carbonyl (C=O) groups is 1. The van der Waals surface area contributed by atoms with Crippen LogP contribution in [0.2, 0.25) is 0 Å². The minimum atomic E-state index is -0.285. The third kappa shape index (κ3) is 4.54. The molecule has 0 aliphatic heterocycles. The molecule has 8 heteroatoms. The van der Waals surface area contributed by atoms with E-state index >= 15 is 0 Å². The number of amides is 1. The molecule has 0 atom stereocenters. The molecular weight excluding hydrogens is 408 g/mol. The molecule has 2 aromatic carbocycles. The van der Waals surface area contributed by atoms with Gasteiger partial charge in [-0.05, 0) is 44.0 Å². The van der Waals surface area contributed by atoms with Gasteiger partial charge in [-0.25, -0.2) is 4.98 Å². The molecule has 0 saturated heterocycles. The third-order valence-electron chi connectivity index (χ3n) is 5.11. The Morgan fingerprint density at radius 1 is 1.06 bits per heavy atom. The Balaban J connectivity index is 1.48.